The topological polar surface area (TPSA) is 83.5 Å². The van der Waals surface area contributed by atoms with Gasteiger partial charge >= 0.3 is 5.97 Å². The van der Waals surface area contributed by atoms with Gasteiger partial charge in [-0.05, 0) is 61.8 Å². The predicted molar refractivity (Wildman–Crippen MR) is 105 cm³/mol. The number of benzene rings is 1. The number of nitrogens with one attached hydrogen (secondary N) is 1. The second kappa shape index (κ2) is 9.42. The Labute approximate surface area is 160 Å². The van der Waals surface area contributed by atoms with Gasteiger partial charge in [0.2, 0.25) is 10.0 Å². The summed E-state index contributed by atoms with van der Waals surface area (Å²) in [5.74, 6) is -0.688. The lowest BCUT2D eigenvalue weighted by Crippen LogP contribution is -2.31. The molecule has 0 aliphatic heterocycles. The quantitative estimate of drug-likeness (QED) is 0.551. The molecular formula is C19H26ClNO4S. The van der Waals surface area contributed by atoms with Crippen molar-refractivity contribution in [3.8, 4) is 0 Å². The Bertz CT molecular complexity index is 722. The molecule has 0 bridgehead atoms. The Morgan fingerprint density at radius 3 is 2.38 bits per heavy atom. The number of aliphatic carboxylic acids is 1. The maximum absolute atomic E-state index is 12.6. The normalized spacial score (nSPS) is 16.8. The molecule has 0 unspecified atom stereocenters. The Morgan fingerprint density at radius 2 is 1.77 bits per heavy atom. The van der Waals surface area contributed by atoms with E-state index in [2.05, 4.69) is 4.72 Å². The van der Waals surface area contributed by atoms with Gasteiger partial charge in [-0.3, -0.25) is 9.52 Å². The second-order valence-corrected chi connectivity index (χ2v) is 9.18. The summed E-state index contributed by atoms with van der Waals surface area (Å²) in [5.41, 5.74) is 0.325. The van der Waals surface area contributed by atoms with Crippen LogP contribution in [0.5, 0.6) is 0 Å². The predicted octanol–water partition coefficient (Wildman–Crippen LogP) is 4.84. The molecule has 0 amide bonds. The molecule has 0 atom stereocenters. The highest BCUT2D eigenvalue weighted by molar-refractivity contribution is 7.92. The average molecular weight is 400 g/mol. The number of sulfonamides is 1. The molecule has 0 radical (unpaired) electrons. The van der Waals surface area contributed by atoms with E-state index in [0.29, 0.717) is 17.1 Å². The number of halogens is 1. The third-order valence-electron chi connectivity index (χ3n) is 4.81. The molecule has 5 nitrogen and oxygen atoms in total. The first-order valence-corrected chi connectivity index (χ1v) is 11.0. The number of carboxylic acid groups (broad SMARTS) is 1. The van der Waals surface area contributed by atoms with Gasteiger partial charge in [-0.1, -0.05) is 36.6 Å². The zero-order valence-corrected chi connectivity index (χ0v) is 16.4. The standard InChI is InChI=1S/C19H26ClNO4S/c20-16-8-10-17(11-9-16)21-26(24,25)15-19(13-5-6-14-19)12-4-2-1-3-7-18(22)23/h1-2,8-11,21H,3-7,12-15H2,(H,22,23)/b2-1-. The third-order valence-corrected chi connectivity index (χ3v) is 6.60. The number of hydrogen-bond acceptors (Lipinski definition) is 3. The molecule has 26 heavy (non-hydrogen) atoms. The van der Waals surface area contributed by atoms with E-state index >= 15 is 0 Å². The van der Waals surface area contributed by atoms with E-state index in [0.717, 1.165) is 38.5 Å². The fourth-order valence-corrected chi connectivity index (χ4v) is 5.49. The molecule has 144 valence electrons. The second-order valence-electron chi connectivity index (χ2n) is 7.02. The van der Waals surface area contributed by atoms with Crippen molar-refractivity contribution in [1.29, 1.82) is 0 Å². The Morgan fingerprint density at radius 1 is 1.15 bits per heavy atom. The lowest BCUT2D eigenvalue weighted by atomic mass is 9.83. The van der Waals surface area contributed by atoms with Crippen molar-refractivity contribution >= 4 is 33.3 Å². The summed E-state index contributed by atoms with van der Waals surface area (Å²) >= 11 is 5.84. The van der Waals surface area contributed by atoms with Gasteiger partial charge in [-0.25, -0.2) is 8.42 Å². The molecule has 7 heteroatoms. The minimum atomic E-state index is -3.44. The molecule has 0 aromatic heterocycles. The van der Waals surface area contributed by atoms with Gasteiger partial charge in [0.15, 0.2) is 0 Å². The molecule has 2 N–H and O–H groups in total. The molecule has 1 fully saturated rings. The number of rotatable bonds is 10. The van der Waals surface area contributed by atoms with Crippen LogP contribution in [0.2, 0.25) is 5.02 Å². The first-order chi connectivity index (χ1) is 12.3. The van der Waals surface area contributed by atoms with Crippen molar-refractivity contribution in [2.75, 3.05) is 10.5 Å². The van der Waals surface area contributed by atoms with Gasteiger partial charge in [-0.15, -0.1) is 0 Å². The highest BCUT2D eigenvalue weighted by Gasteiger charge is 2.37. The lowest BCUT2D eigenvalue weighted by Gasteiger charge is -2.28. The third kappa shape index (κ3) is 7.00. The summed E-state index contributed by atoms with van der Waals surface area (Å²) < 4.78 is 27.9. The van der Waals surface area contributed by atoms with E-state index in [1.807, 2.05) is 12.2 Å². The van der Waals surface area contributed by atoms with Gasteiger partial charge in [0, 0.05) is 17.1 Å². The van der Waals surface area contributed by atoms with Gasteiger partial charge in [0.05, 0.1) is 5.75 Å². The number of carbonyl (C=O) groups is 1. The zero-order valence-electron chi connectivity index (χ0n) is 14.8. The van der Waals surface area contributed by atoms with Crippen LogP contribution in [0, 0.1) is 5.41 Å². The van der Waals surface area contributed by atoms with E-state index in [9.17, 15) is 13.2 Å². The maximum Gasteiger partial charge on any atom is 0.303 e. The zero-order chi connectivity index (χ0) is 19.0. The number of carboxylic acids is 1. The fourth-order valence-electron chi connectivity index (χ4n) is 3.56. The van der Waals surface area contributed by atoms with E-state index < -0.39 is 16.0 Å². The van der Waals surface area contributed by atoms with Crippen LogP contribution in [0.4, 0.5) is 5.69 Å². The van der Waals surface area contributed by atoms with Crippen LogP contribution in [0.1, 0.15) is 51.4 Å². The molecule has 1 saturated carbocycles. The summed E-state index contributed by atoms with van der Waals surface area (Å²) in [6.07, 6.45) is 10.0. The van der Waals surface area contributed by atoms with Crippen LogP contribution < -0.4 is 4.72 Å². The summed E-state index contributed by atoms with van der Waals surface area (Å²) in [6.45, 7) is 0. The highest BCUT2D eigenvalue weighted by atomic mass is 35.5. The van der Waals surface area contributed by atoms with Crippen molar-refractivity contribution in [3.63, 3.8) is 0 Å². The molecule has 0 heterocycles. The molecular weight excluding hydrogens is 374 g/mol. The van der Waals surface area contributed by atoms with Crippen molar-refractivity contribution in [2.24, 2.45) is 5.41 Å². The van der Waals surface area contributed by atoms with Gasteiger partial charge < -0.3 is 5.11 Å². The minimum absolute atomic E-state index is 0.117. The Balaban J connectivity index is 1.93. The molecule has 2 rings (SSSR count). The highest BCUT2D eigenvalue weighted by Crippen LogP contribution is 2.43. The summed E-state index contributed by atoms with van der Waals surface area (Å²) in [5, 5.41) is 9.20. The van der Waals surface area contributed by atoms with E-state index in [4.69, 9.17) is 16.7 Å². The van der Waals surface area contributed by atoms with Gasteiger partial charge in [0.25, 0.3) is 0 Å². The van der Waals surface area contributed by atoms with Gasteiger partial charge in [-0.2, -0.15) is 0 Å². The van der Waals surface area contributed by atoms with Crippen molar-refractivity contribution in [1.82, 2.24) is 0 Å². The summed E-state index contributed by atoms with van der Waals surface area (Å²) in [6, 6.07) is 6.64. The molecule has 1 aliphatic carbocycles. The number of anilines is 1. The lowest BCUT2D eigenvalue weighted by molar-refractivity contribution is -0.136. The average Bonchev–Trinajstić information content (AvgIpc) is 3.00. The van der Waals surface area contributed by atoms with Crippen LogP contribution in [0.15, 0.2) is 36.4 Å². The monoisotopic (exact) mass is 399 g/mol. The van der Waals surface area contributed by atoms with E-state index in [1.165, 1.54) is 0 Å². The first-order valence-electron chi connectivity index (χ1n) is 8.93. The van der Waals surface area contributed by atoms with E-state index in [1.54, 1.807) is 24.3 Å². The molecule has 1 aromatic rings. The number of hydrogen-bond donors (Lipinski definition) is 2. The summed E-state index contributed by atoms with van der Waals surface area (Å²) in [4.78, 5) is 10.5. The largest absolute Gasteiger partial charge is 0.481 e. The molecule has 1 aromatic carbocycles. The summed E-state index contributed by atoms with van der Waals surface area (Å²) in [7, 11) is -3.44. The smallest absolute Gasteiger partial charge is 0.303 e. The first kappa shape index (κ1) is 20.8. The molecule has 0 saturated heterocycles. The minimum Gasteiger partial charge on any atom is -0.481 e. The van der Waals surface area contributed by atoms with Gasteiger partial charge in [0.1, 0.15) is 0 Å². The van der Waals surface area contributed by atoms with E-state index in [-0.39, 0.29) is 17.6 Å². The van der Waals surface area contributed by atoms with Crippen LogP contribution >= 0.6 is 11.6 Å². The Hall–Kier alpha value is -1.53. The SMILES string of the molecule is O=C(O)CC/C=C\CCC1(CS(=O)(=O)Nc2ccc(Cl)cc2)CCCC1. The maximum atomic E-state index is 12.6. The van der Waals surface area contributed by atoms with Crippen LogP contribution in [0.3, 0.4) is 0 Å². The Kier molecular flexibility index (Phi) is 7.53. The van der Waals surface area contributed by atoms with Crippen molar-refractivity contribution in [3.05, 3.63) is 41.4 Å². The van der Waals surface area contributed by atoms with Crippen molar-refractivity contribution < 1.29 is 18.3 Å². The molecule has 1 aliphatic rings. The molecule has 0 spiro atoms. The van der Waals surface area contributed by atoms with Crippen LogP contribution in [0.25, 0.3) is 0 Å². The van der Waals surface area contributed by atoms with Crippen LogP contribution in [-0.4, -0.2) is 25.2 Å². The van der Waals surface area contributed by atoms with Crippen LogP contribution in [-0.2, 0) is 14.8 Å². The van der Waals surface area contributed by atoms with Crippen molar-refractivity contribution in [2.45, 2.75) is 51.4 Å². The fraction of sp³-hybridized carbons (Fsp3) is 0.526. The number of allylic oxidation sites excluding steroid dienone is 2.